The van der Waals surface area contributed by atoms with Crippen LogP contribution in [0.2, 0.25) is 0 Å². The monoisotopic (exact) mass is 366 g/mol. The lowest BCUT2D eigenvalue weighted by Crippen LogP contribution is -2.44. The standard InChI is InChI=1S/C18H26N2O6/c1-4-13(2)19-18(23)20-16(21)12-26-17(22)6-5-11-25-15-9-7-14(24-3)8-10-15/h7-10,13H,4-6,11-12H2,1-3H3,(H2,19,20,21,23)/t13-/m0/s1. The predicted octanol–water partition coefficient (Wildman–Crippen LogP) is 2.02. The molecule has 144 valence electrons. The van der Waals surface area contributed by atoms with Crippen molar-refractivity contribution in [3.63, 3.8) is 0 Å². The maximum absolute atomic E-state index is 11.6. The molecule has 0 fully saturated rings. The largest absolute Gasteiger partial charge is 0.497 e. The van der Waals surface area contributed by atoms with E-state index in [-0.39, 0.29) is 12.5 Å². The molecule has 1 atom stereocenters. The van der Waals surface area contributed by atoms with Gasteiger partial charge in [-0.15, -0.1) is 0 Å². The van der Waals surface area contributed by atoms with E-state index < -0.39 is 24.5 Å². The third-order valence-corrected chi connectivity index (χ3v) is 3.46. The maximum atomic E-state index is 11.6. The molecule has 1 rings (SSSR count). The Balaban J connectivity index is 2.14. The zero-order valence-electron chi connectivity index (χ0n) is 15.4. The highest BCUT2D eigenvalue weighted by molar-refractivity contribution is 5.95. The number of methoxy groups -OCH3 is 1. The number of carbonyl (C=O) groups is 3. The minimum Gasteiger partial charge on any atom is -0.497 e. The number of esters is 1. The Bertz CT molecular complexity index is 588. The van der Waals surface area contributed by atoms with Crippen LogP contribution in [0.4, 0.5) is 4.79 Å². The average molecular weight is 366 g/mol. The minimum atomic E-state index is -0.673. The second-order valence-corrected chi connectivity index (χ2v) is 5.62. The number of hydrogen-bond acceptors (Lipinski definition) is 6. The first-order valence-corrected chi connectivity index (χ1v) is 8.47. The van der Waals surface area contributed by atoms with Gasteiger partial charge in [-0.1, -0.05) is 6.92 Å². The molecule has 0 saturated heterocycles. The van der Waals surface area contributed by atoms with Gasteiger partial charge < -0.3 is 19.5 Å². The van der Waals surface area contributed by atoms with Gasteiger partial charge in [-0.2, -0.15) is 0 Å². The van der Waals surface area contributed by atoms with Crippen LogP contribution < -0.4 is 20.1 Å². The van der Waals surface area contributed by atoms with Crippen LogP contribution in [0.5, 0.6) is 11.5 Å². The van der Waals surface area contributed by atoms with Crippen LogP contribution in [0.3, 0.4) is 0 Å². The molecule has 0 aliphatic heterocycles. The highest BCUT2D eigenvalue weighted by Gasteiger charge is 2.12. The van der Waals surface area contributed by atoms with Crippen molar-refractivity contribution >= 4 is 17.9 Å². The molecule has 0 radical (unpaired) electrons. The van der Waals surface area contributed by atoms with Gasteiger partial charge in [0.25, 0.3) is 5.91 Å². The van der Waals surface area contributed by atoms with Crippen LogP contribution in [0.15, 0.2) is 24.3 Å². The van der Waals surface area contributed by atoms with Gasteiger partial charge in [0, 0.05) is 12.5 Å². The topological polar surface area (TPSA) is 103 Å². The lowest BCUT2D eigenvalue weighted by molar-refractivity contribution is -0.148. The fraction of sp³-hybridized carbons (Fsp3) is 0.500. The first-order valence-electron chi connectivity index (χ1n) is 8.47. The number of urea groups is 1. The van der Waals surface area contributed by atoms with Crippen LogP contribution in [0.25, 0.3) is 0 Å². The Hall–Kier alpha value is -2.77. The molecular formula is C18H26N2O6. The normalized spacial score (nSPS) is 11.2. The molecular weight excluding hydrogens is 340 g/mol. The van der Waals surface area contributed by atoms with Crippen molar-refractivity contribution in [1.82, 2.24) is 10.6 Å². The summed E-state index contributed by atoms with van der Waals surface area (Å²) in [5.74, 6) is 0.206. The van der Waals surface area contributed by atoms with Gasteiger partial charge >= 0.3 is 12.0 Å². The summed E-state index contributed by atoms with van der Waals surface area (Å²) in [6, 6.07) is 6.45. The van der Waals surface area contributed by atoms with Crippen molar-refractivity contribution in [1.29, 1.82) is 0 Å². The summed E-state index contributed by atoms with van der Waals surface area (Å²) < 4.78 is 15.3. The number of ether oxygens (including phenoxy) is 3. The van der Waals surface area contributed by atoms with Gasteiger partial charge in [0.2, 0.25) is 0 Å². The summed E-state index contributed by atoms with van der Waals surface area (Å²) in [4.78, 5) is 34.5. The number of imide groups is 1. The van der Waals surface area contributed by atoms with Gasteiger partial charge in [0.1, 0.15) is 11.5 Å². The van der Waals surface area contributed by atoms with Gasteiger partial charge in [-0.05, 0) is 44.0 Å². The lowest BCUT2D eigenvalue weighted by atomic mass is 10.3. The van der Waals surface area contributed by atoms with Gasteiger partial charge in [-0.25, -0.2) is 4.79 Å². The van der Waals surface area contributed by atoms with Crippen LogP contribution in [0, 0.1) is 0 Å². The van der Waals surface area contributed by atoms with Crippen LogP contribution in [-0.4, -0.2) is 44.3 Å². The zero-order valence-corrected chi connectivity index (χ0v) is 15.4. The molecule has 8 nitrogen and oxygen atoms in total. The molecule has 1 aromatic carbocycles. The van der Waals surface area contributed by atoms with Crippen molar-refractivity contribution in [2.75, 3.05) is 20.3 Å². The summed E-state index contributed by atoms with van der Waals surface area (Å²) in [7, 11) is 1.58. The molecule has 26 heavy (non-hydrogen) atoms. The highest BCUT2D eigenvalue weighted by Crippen LogP contribution is 2.17. The van der Waals surface area contributed by atoms with Crippen molar-refractivity contribution in [2.45, 2.75) is 39.2 Å². The molecule has 1 aromatic rings. The molecule has 0 bridgehead atoms. The van der Waals surface area contributed by atoms with Crippen molar-refractivity contribution in [2.24, 2.45) is 0 Å². The summed E-state index contributed by atoms with van der Waals surface area (Å²) >= 11 is 0. The molecule has 0 unspecified atom stereocenters. The summed E-state index contributed by atoms with van der Waals surface area (Å²) in [5.41, 5.74) is 0. The summed E-state index contributed by atoms with van der Waals surface area (Å²) in [6.07, 6.45) is 1.30. The zero-order chi connectivity index (χ0) is 19.4. The molecule has 0 heterocycles. The number of hydrogen-bond donors (Lipinski definition) is 2. The Kier molecular flexibility index (Phi) is 9.59. The first-order chi connectivity index (χ1) is 12.4. The molecule has 3 amide bonds. The third-order valence-electron chi connectivity index (χ3n) is 3.46. The van der Waals surface area contributed by atoms with Crippen LogP contribution >= 0.6 is 0 Å². The van der Waals surface area contributed by atoms with Crippen molar-refractivity contribution < 1.29 is 28.6 Å². The predicted molar refractivity (Wildman–Crippen MR) is 95.1 cm³/mol. The lowest BCUT2D eigenvalue weighted by Gasteiger charge is -2.11. The van der Waals surface area contributed by atoms with Crippen LogP contribution in [-0.2, 0) is 14.3 Å². The average Bonchev–Trinajstić information content (AvgIpc) is 2.63. The second-order valence-electron chi connectivity index (χ2n) is 5.62. The van der Waals surface area contributed by atoms with Gasteiger partial charge in [0.05, 0.1) is 13.7 Å². The number of nitrogens with one attached hydrogen (secondary N) is 2. The molecule has 0 aliphatic carbocycles. The molecule has 0 spiro atoms. The first kappa shape index (κ1) is 21.3. The maximum Gasteiger partial charge on any atom is 0.321 e. The van der Waals surface area contributed by atoms with E-state index >= 15 is 0 Å². The Labute approximate surface area is 153 Å². The fourth-order valence-corrected chi connectivity index (χ4v) is 1.82. The van der Waals surface area contributed by atoms with Crippen LogP contribution in [0.1, 0.15) is 33.1 Å². The molecule has 0 aromatic heterocycles. The summed E-state index contributed by atoms with van der Waals surface area (Å²) in [5, 5.41) is 4.67. The number of carbonyl (C=O) groups excluding carboxylic acids is 3. The number of benzene rings is 1. The molecule has 0 aliphatic rings. The van der Waals surface area contributed by atoms with E-state index in [4.69, 9.17) is 14.2 Å². The Morgan fingerprint density at radius 2 is 1.77 bits per heavy atom. The fourth-order valence-electron chi connectivity index (χ4n) is 1.82. The van der Waals surface area contributed by atoms with Crippen molar-refractivity contribution in [3.05, 3.63) is 24.3 Å². The van der Waals surface area contributed by atoms with Gasteiger partial charge in [0.15, 0.2) is 6.61 Å². The van der Waals surface area contributed by atoms with Crippen molar-refractivity contribution in [3.8, 4) is 11.5 Å². The quantitative estimate of drug-likeness (QED) is 0.485. The van der Waals surface area contributed by atoms with E-state index in [1.54, 1.807) is 31.4 Å². The summed E-state index contributed by atoms with van der Waals surface area (Å²) in [6.45, 7) is 3.57. The molecule has 2 N–H and O–H groups in total. The number of rotatable bonds is 10. The van der Waals surface area contributed by atoms with E-state index in [1.165, 1.54) is 0 Å². The minimum absolute atomic E-state index is 0.0453. The number of amides is 3. The van der Waals surface area contributed by atoms with E-state index in [1.807, 2.05) is 13.8 Å². The van der Waals surface area contributed by atoms with E-state index in [0.29, 0.717) is 18.8 Å². The molecule has 0 saturated carbocycles. The Morgan fingerprint density at radius 1 is 1.12 bits per heavy atom. The highest BCUT2D eigenvalue weighted by atomic mass is 16.5. The SMILES string of the molecule is CC[C@H](C)NC(=O)NC(=O)COC(=O)CCCOc1ccc(OC)cc1. The van der Waals surface area contributed by atoms with E-state index in [2.05, 4.69) is 10.6 Å². The molecule has 8 heteroatoms. The van der Waals surface area contributed by atoms with E-state index in [0.717, 1.165) is 12.2 Å². The van der Waals surface area contributed by atoms with E-state index in [9.17, 15) is 14.4 Å². The van der Waals surface area contributed by atoms with Gasteiger partial charge in [-0.3, -0.25) is 14.9 Å². The smallest absolute Gasteiger partial charge is 0.321 e. The Morgan fingerprint density at radius 3 is 2.38 bits per heavy atom. The third kappa shape index (κ3) is 8.91. The second kappa shape index (κ2) is 11.7.